The molecule has 26 heavy (non-hydrogen) atoms. The fourth-order valence-electron chi connectivity index (χ4n) is 3.08. The Balaban J connectivity index is 1.77. The summed E-state index contributed by atoms with van der Waals surface area (Å²) in [4.78, 5) is 12.3. The fraction of sp³-hybridized carbons (Fsp3) is 0.526. The molecule has 1 amide bonds. The second-order valence-electron chi connectivity index (χ2n) is 6.56. The van der Waals surface area contributed by atoms with Crippen LogP contribution >= 0.6 is 0 Å². The van der Waals surface area contributed by atoms with Gasteiger partial charge in [0.25, 0.3) is 5.91 Å². The first-order valence-electron chi connectivity index (χ1n) is 9.25. The van der Waals surface area contributed by atoms with Crippen molar-refractivity contribution in [2.75, 3.05) is 19.6 Å². The van der Waals surface area contributed by atoms with E-state index in [-0.39, 0.29) is 17.3 Å². The van der Waals surface area contributed by atoms with E-state index in [4.69, 9.17) is 0 Å². The normalized spacial score (nSPS) is 16.0. The van der Waals surface area contributed by atoms with Crippen LogP contribution in [0.1, 0.15) is 48.9 Å². The zero-order valence-electron chi connectivity index (χ0n) is 15.2. The quantitative estimate of drug-likeness (QED) is 0.349. The van der Waals surface area contributed by atoms with Crippen LogP contribution in [0.3, 0.4) is 0 Å². The van der Waals surface area contributed by atoms with Gasteiger partial charge in [0.05, 0.1) is 4.90 Å². The molecule has 1 aromatic rings. The lowest BCUT2D eigenvalue weighted by Crippen LogP contribution is -2.36. The molecule has 1 aliphatic carbocycles. The summed E-state index contributed by atoms with van der Waals surface area (Å²) in [6, 6.07) is 6.48. The van der Waals surface area contributed by atoms with Gasteiger partial charge in [0.1, 0.15) is 0 Å². The molecule has 6 nitrogen and oxygen atoms in total. The number of hydrogen-bond donors (Lipinski definition) is 3. The second kappa shape index (κ2) is 10.4. The van der Waals surface area contributed by atoms with Gasteiger partial charge in [-0.1, -0.05) is 31.8 Å². The smallest absolute Gasteiger partial charge is 0.251 e. The Labute approximate surface area is 156 Å². The molecule has 0 spiro atoms. The van der Waals surface area contributed by atoms with Gasteiger partial charge in [-0.15, -0.1) is 6.58 Å². The van der Waals surface area contributed by atoms with E-state index in [1.165, 1.54) is 68.9 Å². The van der Waals surface area contributed by atoms with Crippen LogP contribution in [0.5, 0.6) is 0 Å². The van der Waals surface area contributed by atoms with Crippen molar-refractivity contribution in [3.8, 4) is 0 Å². The number of amides is 1. The summed E-state index contributed by atoms with van der Waals surface area (Å²) in [6.45, 7) is 4.94. The molecule has 0 heterocycles. The molecule has 144 valence electrons. The van der Waals surface area contributed by atoms with E-state index in [0.717, 1.165) is 6.54 Å². The van der Waals surface area contributed by atoms with Crippen LogP contribution < -0.4 is 15.4 Å². The third kappa shape index (κ3) is 6.55. The number of benzene rings is 1. The lowest BCUT2D eigenvalue weighted by Gasteiger charge is -2.16. The van der Waals surface area contributed by atoms with E-state index in [0.29, 0.717) is 18.2 Å². The molecule has 0 bridgehead atoms. The van der Waals surface area contributed by atoms with Gasteiger partial charge in [0.15, 0.2) is 0 Å². The minimum absolute atomic E-state index is 0.130. The van der Waals surface area contributed by atoms with E-state index in [1.807, 2.05) is 0 Å². The van der Waals surface area contributed by atoms with Crippen LogP contribution in [0.15, 0.2) is 41.8 Å². The maximum Gasteiger partial charge on any atom is 0.251 e. The van der Waals surface area contributed by atoms with Crippen LogP contribution in [0, 0.1) is 0 Å². The highest BCUT2D eigenvalue weighted by atomic mass is 32.2. The topological polar surface area (TPSA) is 87.3 Å². The molecule has 7 heteroatoms. The molecule has 1 aliphatic rings. The molecule has 0 aliphatic heterocycles. The average Bonchev–Trinajstić information content (AvgIpc) is 2.92. The molecular formula is C19H29N3O3S. The number of carbonyl (C=O) groups is 1. The Morgan fingerprint density at radius 2 is 1.73 bits per heavy atom. The number of nitrogens with one attached hydrogen (secondary N) is 3. The predicted molar refractivity (Wildman–Crippen MR) is 104 cm³/mol. The maximum atomic E-state index is 12.2. The van der Waals surface area contributed by atoms with Crippen molar-refractivity contribution in [2.24, 2.45) is 0 Å². The maximum absolute atomic E-state index is 12.2. The van der Waals surface area contributed by atoms with Crippen molar-refractivity contribution in [1.29, 1.82) is 0 Å². The van der Waals surface area contributed by atoms with E-state index >= 15 is 0 Å². The first kappa shape index (κ1) is 20.6. The Bertz CT molecular complexity index is 678. The summed E-state index contributed by atoms with van der Waals surface area (Å²) in [5.41, 5.74) is 0.446. The summed E-state index contributed by atoms with van der Waals surface area (Å²) in [5, 5.41) is 6.37. The summed E-state index contributed by atoms with van der Waals surface area (Å²) in [7, 11) is -3.56. The predicted octanol–water partition coefficient (Wildman–Crippen LogP) is 2.19. The zero-order chi connectivity index (χ0) is 18.8. The van der Waals surface area contributed by atoms with Crippen molar-refractivity contribution < 1.29 is 13.2 Å². The zero-order valence-corrected chi connectivity index (χ0v) is 16.0. The second-order valence-corrected chi connectivity index (χ2v) is 8.33. The van der Waals surface area contributed by atoms with Crippen LogP contribution in [0.2, 0.25) is 0 Å². The SMILES string of the molecule is C=CCNS(=O)(=O)c1ccc(C(=O)NCCNC2CCCCCC2)cc1. The van der Waals surface area contributed by atoms with Gasteiger partial charge in [-0.3, -0.25) is 4.79 Å². The largest absolute Gasteiger partial charge is 0.351 e. The van der Waals surface area contributed by atoms with Crippen LogP contribution in [0.25, 0.3) is 0 Å². The highest BCUT2D eigenvalue weighted by Gasteiger charge is 2.14. The molecule has 0 atom stereocenters. The standard InChI is InChI=1S/C19H29N3O3S/c1-2-13-22-26(24,25)18-11-9-16(10-12-18)19(23)21-15-14-20-17-7-5-3-4-6-8-17/h2,9-12,17,20,22H,1,3-8,13-15H2,(H,21,23). The van der Waals surface area contributed by atoms with E-state index in [2.05, 4.69) is 21.9 Å². The lowest BCUT2D eigenvalue weighted by atomic mass is 10.1. The van der Waals surface area contributed by atoms with Gasteiger partial charge in [0.2, 0.25) is 10.0 Å². The van der Waals surface area contributed by atoms with Gasteiger partial charge in [-0.05, 0) is 37.1 Å². The third-order valence-electron chi connectivity index (χ3n) is 4.54. The minimum Gasteiger partial charge on any atom is -0.351 e. The average molecular weight is 380 g/mol. The first-order valence-corrected chi connectivity index (χ1v) is 10.7. The van der Waals surface area contributed by atoms with E-state index in [1.54, 1.807) is 0 Å². The van der Waals surface area contributed by atoms with Crippen LogP contribution in [0.4, 0.5) is 0 Å². The number of rotatable bonds is 9. The van der Waals surface area contributed by atoms with Crippen molar-refractivity contribution in [3.05, 3.63) is 42.5 Å². The van der Waals surface area contributed by atoms with E-state index in [9.17, 15) is 13.2 Å². The Kier molecular flexibility index (Phi) is 8.28. The summed E-state index contributed by atoms with van der Waals surface area (Å²) in [6.07, 6.45) is 9.10. The Morgan fingerprint density at radius 1 is 1.08 bits per heavy atom. The molecule has 2 rings (SSSR count). The molecule has 0 radical (unpaired) electrons. The highest BCUT2D eigenvalue weighted by Crippen LogP contribution is 2.16. The first-order chi connectivity index (χ1) is 12.5. The molecule has 3 N–H and O–H groups in total. The van der Waals surface area contributed by atoms with Crippen molar-refractivity contribution in [3.63, 3.8) is 0 Å². The number of carbonyl (C=O) groups excluding carboxylic acids is 1. The van der Waals surface area contributed by atoms with Crippen molar-refractivity contribution in [2.45, 2.75) is 49.5 Å². The molecular weight excluding hydrogens is 350 g/mol. The molecule has 0 aromatic heterocycles. The molecule has 0 unspecified atom stereocenters. The summed E-state index contributed by atoms with van der Waals surface area (Å²) < 4.78 is 26.4. The van der Waals surface area contributed by atoms with Gasteiger partial charge < -0.3 is 10.6 Å². The van der Waals surface area contributed by atoms with Gasteiger partial charge in [-0.25, -0.2) is 13.1 Å². The van der Waals surface area contributed by atoms with Gasteiger partial charge >= 0.3 is 0 Å². The fourth-order valence-corrected chi connectivity index (χ4v) is 4.07. The Morgan fingerprint density at radius 3 is 2.35 bits per heavy atom. The van der Waals surface area contributed by atoms with Crippen molar-refractivity contribution in [1.82, 2.24) is 15.4 Å². The van der Waals surface area contributed by atoms with Crippen molar-refractivity contribution >= 4 is 15.9 Å². The van der Waals surface area contributed by atoms with Gasteiger partial charge in [0, 0.05) is 31.2 Å². The van der Waals surface area contributed by atoms with Crippen LogP contribution in [-0.4, -0.2) is 40.0 Å². The molecule has 1 fully saturated rings. The number of sulfonamides is 1. The van der Waals surface area contributed by atoms with E-state index < -0.39 is 10.0 Å². The van der Waals surface area contributed by atoms with Crippen LogP contribution in [-0.2, 0) is 10.0 Å². The molecule has 1 saturated carbocycles. The molecule has 1 aromatic carbocycles. The summed E-state index contributed by atoms with van der Waals surface area (Å²) >= 11 is 0. The summed E-state index contributed by atoms with van der Waals surface area (Å²) in [5.74, 6) is -0.198. The minimum atomic E-state index is -3.56. The highest BCUT2D eigenvalue weighted by molar-refractivity contribution is 7.89. The lowest BCUT2D eigenvalue weighted by molar-refractivity contribution is 0.0953. The molecule has 0 saturated heterocycles. The monoisotopic (exact) mass is 379 g/mol. The Hall–Kier alpha value is -1.70. The number of hydrogen-bond acceptors (Lipinski definition) is 4. The van der Waals surface area contributed by atoms with Gasteiger partial charge in [-0.2, -0.15) is 0 Å². The third-order valence-corrected chi connectivity index (χ3v) is 5.98.